The van der Waals surface area contributed by atoms with E-state index in [0.717, 1.165) is 13.1 Å². The summed E-state index contributed by atoms with van der Waals surface area (Å²) >= 11 is 4.88. The van der Waals surface area contributed by atoms with Crippen LogP contribution in [0.5, 0.6) is 0 Å². The quantitative estimate of drug-likeness (QED) is 0.745. The van der Waals surface area contributed by atoms with Crippen LogP contribution in [0.15, 0.2) is 12.4 Å². The summed E-state index contributed by atoms with van der Waals surface area (Å²) in [5.41, 5.74) is 6.15. The van der Waals surface area contributed by atoms with Crippen LogP contribution in [-0.4, -0.2) is 63.2 Å². The van der Waals surface area contributed by atoms with Crippen LogP contribution in [0.2, 0.25) is 0 Å². The number of carbonyl (C=O) groups excluding carboxylic acids is 1. The number of hydrogen-bond acceptors (Lipinski definition) is 4. The van der Waals surface area contributed by atoms with Gasteiger partial charge in [-0.15, -0.1) is 0 Å². The van der Waals surface area contributed by atoms with E-state index in [2.05, 4.69) is 10.00 Å². The number of rotatable bonds is 3. The zero-order valence-corrected chi connectivity index (χ0v) is 11.2. The summed E-state index contributed by atoms with van der Waals surface area (Å²) < 4.78 is 1.64. The van der Waals surface area contributed by atoms with Crippen molar-refractivity contribution in [2.45, 2.75) is 0 Å². The molecule has 2 N–H and O–H groups in total. The van der Waals surface area contributed by atoms with Crippen LogP contribution in [-0.2, 0) is 7.05 Å². The molecule has 0 atom stereocenters. The molecule has 0 saturated carbocycles. The molecule has 1 fully saturated rings. The van der Waals surface area contributed by atoms with E-state index in [-0.39, 0.29) is 5.91 Å². The van der Waals surface area contributed by atoms with Crippen LogP contribution >= 0.6 is 12.2 Å². The summed E-state index contributed by atoms with van der Waals surface area (Å²) in [6.45, 7) is 3.66. The lowest BCUT2D eigenvalue weighted by Crippen LogP contribution is -2.50. The van der Waals surface area contributed by atoms with Crippen molar-refractivity contribution in [2.75, 3.05) is 32.7 Å². The number of aryl methyl sites for hydroxylation is 1. The Morgan fingerprint density at radius 1 is 1.44 bits per heavy atom. The second kappa shape index (κ2) is 5.45. The first kappa shape index (κ1) is 13.0. The second-order valence-corrected chi connectivity index (χ2v) is 4.96. The maximum absolute atomic E-state index is 12.1. The van der Waals surface area contributed by atoms with Gasteiger partial charge in [-0.2, -0.15) is 5.10 Å². The van der Waals surface area contributed by atoms with Crippen molar-refractivity contribution in [3.05, 3.63) is 18.0 Å². The fraction of sp³-hybridized carbons (Fsp3) is 0.545. The molecule has 2 rings (SSSR count). The number of nitrogens with zero attached hydrogens (tertiary/aromatic N) is 4. The Morgan fingerprint density at radius 3 is 2.61 bits per heavy atom. The maximum atomic E-state index is 12.1. The van der Waals surface area contributed by atoms with Gasteiger partial charge in [-0.1, -0.05) is 12.2 Å². The van der Waals surface area contributed by atoms with Gasteiger partial charge in [0.15, 0.2) is 0 Å². The Hall–Kier alpha value is -1.47. The summed E-state index contributed by atoms with van der Waals surface area (Å²) in [4.78, 5) is 16.6. The normalized spacial score (nSPS) is 16.8. The molecule has 7 heteroatoms. The Bertz CT molecular complexity index is 450. The van der Waals surface area contributed by atoms with Crippen molar-refractivity contribution in [2.24, 2.45) is 12.8 Å². The van der Waals surface area contributed by atoms with Crippen LogP contribution in [0.25, 0.3) is 0 Å². The minimum atomic E-state index is 0.0399. The van der Waals surface area contributed by atoms with E-state index in [9.17, 15) is 4.79 Å². The van der Waals surface area contributed by atoms with Gasteiger partial charge in [0, 0.05) is 46.0 Å². The highest BCUT2D eigenvalue weighted by Gasteiger charge is 2.22. The molecule has 1 aliphatic rings. The molecule has 0 aromatic carbocycles. The summed E-state index contributed by atoms with van der Waals surface area (Å²) in [5, 5.41) is 4.01. The molecule has 0 radical (unpaired) electrons. The van der Waals surface area contributed by atoms with Crippen LogP contribution in [0, 0.1) is 0 Å². The molecule has 0 aliphatic carbocycles. The van der Waals surface area contributed by atoms with E-state index in [1.54, 1.807) is 24.1 Å². The predicted molar refractivity (Wildman–Crippen MR) is 72.3 cm³/mol. The second-order valence-electron chi connectivity index (χ2n) is 4.44. The van der Waals surface area contributed by atoms with Gasteiger partial charge in [-0.3, -0.25) is 14.4 Å². The third kappa shape index (κ3) is 3.05. The van der Waals surface area contributed by atoms with E-state index in [1.165, 1.54) is 0 Å². The first-order valence-corrected chi connectivity index (χ1v) is 6.25. The Morgan fingerprint density at radius 2 is 2.11 bits per heavy atom. The van der Waals surface area contributed by atoms with Crippen molar-refractivity contribution in [1.29, 1.82) is 0 Å². The minimum absolute atomic E-state index is 0.0399. The fourth-order valence-electron chi connectivity index (χ4n) is 2.04. The SMILES string of the molecule is Cn1cc(C(=O)N2CCN(CC(N)=S)CC2)cn1. The largest absolute Gasteiger partial charge is 0.392 e. The van der Waals surface area contributed by atoms with E-state index < -0.39 is 0 Å². The molecular formula is C11H17N5OS. The van der Waals surface area contributed by atoms with Gasteiger partial charge in [-0.25, -0.2) is 0 Å². The lowest BCUT2D eigenvalue weighted by molar-refractivity contribution is 0.0654. The van der Waals surface area contributed by atoms with Gasteiger partial charge in [0.05, 0.1) is 16.7 Å². The number of thiocarbonyl (C=S) groups is 1. The summed E-state index contributed by atoms with van der Waals surface area (Å²) in [7, 11) is 1.80. The third-order valence-electron chi connectivity index (χ3n) is 2.99. The summed E-state index contributed by atoms with van der Waals surface area (Å²) in [6, 6.07) is 0. The monoisotopic (exact) mass is 267 g/mol. The predicted octanol–water partition coefficient (Wildman–Crippen LogP) is -0.536. The van der Waals surface area contributed by atoms with Crippen molar-refractivity contribution in [3.63, 3.8) is 0 Å². The molecule has 0 spiro atoms. The molecule has 1 aliphatic heterocycles. The first-order chi connectivity index (χ1) is 8.56. The van der Waals surface area contributed by atoms with Crippen LogP contribution in [0.1, 0.15) is 10.4 Å². The van der Waals surface area contributed by atoms with Crippen molar-refractivity contribution >= 4 is 23.1 Å². The number of carbonyl (C=O) groups is 1. The standard InChI is InChI=1S/C11H17N5OS/c1-14-7-9(6-13-14)11(17)16-4-2-15(3-5-16)8-10(12)18/h6-7H,2-5,8H2,1H3,(H2,12,18). The van der Waals surface area contributed by atoms with E-state index in [1.807, 2.05) is 4.90 Å². The first-order valence-electron chi connectivity index (χ1n) is 5.85. The number of amides is 1. The summed E-state index contributed by atoms with van der Waals surface area (Å²) in [5.74, 6) is 0.0399. The Balaban J connectivity index is 1.90. The van der Waals surface area contributed by atoms with Gasteiger partial charge in [0.25, 0.3) is 5.91 Å². The molecule has 1 aromatic rings. The number of aromatic nitrogens is 2. The topological polar surface area (TPSA) is 67.4 Å². The van der Waals surface area contributed by atoms with Crippen LogP contribution < -0.4 is 5.73 Å². The van der Waals surface area contributed by atoms with E-state index in [4.69, 9.17) is 18.0 Å². The molecule has 98 valence electrons. The average molecular weight is 267 g/mol. The average Bonchev–Trinajstić information content (AvgIpc) is 2.75. The molecule has 1 saturated heterocycles. The van der Waals surface area contributed by atoms with Crippen molar-refractivity contribution in [1.82, 2.24) is 19.6 Å². The van der Waals surface area contributed by atoms with Gasteiger partial charge in [-0.05, 0) is 0 Å². The van der Waals surface area contributed by atoms with E-state index in [0.29, 0.717) is 30.2 Å². The van der Waals surface area contributed by atoms with Gasteiger partial charge in [0.1, 0.15) is 0 Å². The molecule has 1 amide bonds. The lowest BCUT2D eigenvalue weighted by Gasteiger charge is -2.34. The summed E-state index contributed by atoms with van der Waals surface area (Å²) in [6.07, 6.45) is 3.34. The lowest BCUT2D eigenvalue weighted by atomic mass is 10.2. The molecule has 0 unspecified atom stereocenters. The molecule has 0 bridgehead atoms. The van der Waals surface area contributed by atoms with E-state index >= 15 is 0 Å². The van der Waals surface area contributed by atoms with Crippen molar-refractivity contribution < 1.29 is 4.79 Å². The van der Waals surface area contributed by atoms with Crippen LogP contribution in [0.3, 0.4) is 0 Å². The Kier molecular flexibility index (Phi) is 3.93. The van der Waals surface area contributed by atoms with Gasteiger partial charge >= 0.3 is 0 Å². The molecular weight excluding hydrogens is 250 g/mol. The maximum Gasteiger partial charge on any atom is 0.257 e. The smallest absolute Gasteiger partial charge is 0.257 e. The van der Waals surface area contributed by atoms with Crippen LogP contribution in [0.4, 0.5) is 0 Å². The number of nitrogens with two attached hydrogens (primary N) is 1. The number of piperazine rings is 1. The van der Waals surface area contributed by atoms with Crippen molar-refractivity contribution in [3.8, 4) is 0 Å². The highest BCUT2D eigenvalue weighted by molar-refractivity contribution is 7.80. The Labute approximate surface area is 111 Å². The highest BCUT2D eigenvalue weighted by atomic mass is 32.1. The molecule has 2 heterocycles. The van der Waals surface area contributed by atoms with Gasteiger partial charge in [0.2, 0.25) is 0 Å². The molecule has 6 nitrogen and oxygen atoms in total. The zero-order chi connectivity index (χ0) is 13.1. The number of hydrogen-bond donors (Lipinski definition) is 1. The zero-order valence-electron chi connectivity index (χ0n) is 10.4. The molecule has 1 aromatic heterocycles. The third-order valence-corrected chi connectivity index (χ3v) is 3.12. The molecule has 18 heavy (non-hydrogen) atoms. The minimum Gasteiger partial charge on any atom is -0.392 e. The fourth-order valence-corrected chi connectivity index (χ4v) is 2.23. The van der Waals surface area contributed by atoms with Gasteiger partial charge < -0.3 is 10.6 Å². The highest BCUT2D eigenvalue weighted by Crippen LogP contribution is 2.07.